The second-order valence-electron chi connectivity index (χ2n) is 18.0. The van der Waals surface area contributed by atoms with Crippen LogP contribution in [-0.4, -0.2) is 0 Å². The van der Waals surface area contributed by atoms with Gasteiger partial charge in [-0.15, -0.1) is 0 Å². The normalized spacial score (nSPS) is 14.9. The van der Waals surface area contributed by atoms with Crippen LogP contribution < -0.4 is 14.4 Å². The van der Waals surface area contributed by atoms with Crippen LogP contribution in [0.2, 0.25) is 0 Å². The molecular weight excluding hydrogens is 855 g/mol. The average Bonchev–Trinajstić information content (AvgIpc) is 3.80. The molecule has 0 saturated heterocycles. The minimum atomic E-state index is -0.681. The lowest BCUT2D eigenvalue weighted by molar-refractivity contribution is 0.370. The maximum absolute atomic E-state index is 6.88. The topological polar surface area (TPSA) is 34.8 Å². The Balaban J connectivity index is 0.926. The highest BCUT2D eigenvalue weighted by Gasteiger charge is 2.50. The van der Waals surface area contributed by atoms with Gasteiger partial charge in [-0.05, 0) is 112 Å². The van der Waals surface area contributed by atoms with Crippen molar-refractivity contribution in [1.29, 1.82) is 0 Å². The van der Waals surface area contributed by atoms with Gasteiger partial charge in [0.2, 0.25) is 0 Å². The summed E-state index contributed by atoms with van der Waals surface area (Å²) in [6, 6.07) is 79.7. The molecule has 2 aliphatic rings. The van der Waals surface area contributed by atoms with Gasteiger partial charge >= 0.3 is 0 Å². The molecule has 0 saturated carbocycles. The van der Waals surface area contributed by atoms with Crippen LogP contribution in [0.4, 0.5) is 17.1 Å². The SMILES string of the molecule is C=C/C=C\C1=C(C)Oc2ccccc2C12c1ccccc1Oc1cc(-c3ccc(N(c4ccc(-c5ccccc5-c5ccccc5)cc4)c4ccc5oc6c7ccccc7ccc6c5c4)cc3)ccc12. The zero-order chi connectivity index (χ0) is 46.8. The first-order valence-electron chi connectivity index (χ1n) is 23.8. The van der Waals surface area contributed by atoms with Gasteiger partial charge in [-0.3, -0.25) is 0 Å². The second kappa shape index (κ2) is 16.6. The summed E-state index contributed by atoms with van der Waals surface area (Å²) in [5.41, 5.74) is 15.3. The number of furan rings is 1. The van der Waals surface area contributed by atoms with Gasteiger partial charge in [0.15, 0.2) is 0 Å². The van der Waals surface area contributed by atoms with Crippen LogP contribution in [0, 0.1) is 0 Å². The van der Waals surface area contributed by atoms with Crippen LogP contribution in [0.5, 0.6) is 17.2 Å². The number of allylic oxidation sites excluding steroid dienone is 5. The molecule has 0 bridgehead atoms. The molecule has 13 rings (SSSR count). The van der Waals surface area contributed by atoms with E-state index < -0.39 is 5.41 Å². The molecule has 1 unspecified atom stereocenters. The Hall–Kier alpha value is -9.12. The molecule has 2 aliphatic heterocycles. The first kappa shape index (κ1) is 41.1. The van der Waals surface area contributed by atoms with Crippen LogP contribution in [-0.2, 0) is 5.41 Å². The van der Waals surface area contributed by atoms with Crippen LogP contribution >= 0.6 is 0 Å². The summed E-state index contributed by atoms with van der Waals surface area (Å²) < 4.78 is 20.0. The Morgan fingerprint density at radius 2 is 1.03 bits per heavy atom. The van der Waals surface area contributed by atoms with E-state index in [0.717, 1.165) is 112 Å². The Kier molecular flexibility index (Phi) is 9.74. The van der Waals surface area contributed by atoms with Crippen molar-refractivity contribution < 1.29 is 13.9 Å². The van der Waals surface area contributed by atoms with Crippen molar-refractivity contribution in [3.8, 4) is 50.6 Å². The van der Waals surface area contributed by atoms with Crippen LogP contribution in [0.25, 0.3) is 66.1 Å². The maximum atomic E-state index is 6.88. The van der Waals surface area contributed by atoms with E-state index in [0.29, 0.717) is 0 Å². The number of nitrogens with zero attached hydrogens (tertiary/aromatic N) is 1. The summed E-state index contributed by atoms with van der Waals surface area (Å²) >= 11 is 0. The van der Waals surface area contributed by atoms with E-state index in [1.54, 1.807) is 0 Å². The molecule has 3 heterocycles. The van der Waals surface area contributed by atoms with Gasteiger partial charge in [0.05, 0.1) is 5.41 Å². The van der Waals surface area contributed by atoms with Crippen molar-refractivity contribution in [1.82, 2.24) is 0 Å². The highest BCUT2D eigenvalue weighted by molar-refractivity contribution is 6.15. The molecule has 332 valence electrons. The van der Waals surface area contributed by atoms with Crippen molar-refractivity contribution in [3.05, 3.63) is 277 Å². The Bertz CT molecular complexity index is 3920. The van der Waals surface area contributed by atoms with Crippen molar-refractivity contribution in [2.24, 2.45) is 0 Å². The van der Waals surface area contributed by atoms with Crippen LogP contribution in [0.15, 0.2) is 265 Å². The minimum absolute atomic E-state index is 0.681. The minimum Gasteiger partial charge on any atom is -0.461 e. The average molecular weight is 900 g/mol. The van der Waals surface area contributed by atoms with E-state index >= 15 is 0 Å². The van der Waals surface area contributed by atoms with Crippen molar-refractivity contribution >= 4 is 49.8 Å². The Morgan fingerprint density at radius 1 is 0.443 bits per heavy atom. The number of fused-ring (bicyclic) bond motifs is 11. The van der Waals surface area contributed by atoms with E-state index in [4.69, 9.17) is 13.9 Å². The molecule has 1 spiro atoms. The summed E-state index contributed by atoms with van der Waals surface area (Å²) in [6.07, 6.45) is 5.94. The first-order chi connectivity index (χ1) is 34.6. The fourth-order valence-electron chi connectivity index (χ4n) is 11.0. The number of ether oxygens (including phenoxy) is 2. The van der Waals surface area contributed by atoms with E-state index in [1.807, 2.05) is 31.2 Å². The van der Waals surface area contributed by atoms with E-state index in [-0.39, 0.29) is 0 Å². The molecule has 0 amide bonds. The molecule has 4 nitrogen and oxygen atoms in total. The highest BCUT2D eigenvalue weighted by atomic mass is 16.5. The van der Waals surface area contributed by atoms with Gasteiger partial charge in [-0.2, -0.15) is 0 Å². The lowest BCUT2D eigenvalue weighted by atomic mass is 9.61. The summed E-state index contributed by atoms with van der Waals surface area (Å²) in [5, 5.41) is 4.43. The maximum Gasteiger partial charge on any atom is 0.143 e. The van der Waals surface area contributed by atoms with Crippen molar-refractivity contribution in [2.75, 3.05) is 4.90 Å². The molecule has 4 heteroatoms. The molecule has 0 fully saturated rings. The van der Waals surface area contributed by atoms with E-state index in [1.165, 1.54) is 16.7 Å². The zero-order valence-electron chi connectivity index (χ0n) is 38.5. The standard InChI is InChI=1S/C66H45NO3/c1-3-4-22-57-43(2)68-62-25-14-12-23-58(62)66(57)59-24-13-15-26-63(59)69-64-41-48(32-39-60(64)66)44-27-33-49(34-28-44)67(50-35-29-47(30-36-50)53-20-11-10-19-52(53)45-16-6-5-7-17-45)51-37-40-61-56(42-51)55-38-31-46-18-8-9-21-54(46)65(55)70-61/h3-42H,1H2,2H3/b22-4-. The molecule has 70 heavy (non-hydrogen) atoms. The molecule has 0 N–H and O–H groups in total. The molecular formula is C66H45NO3. The Morgan fingerprint density at radius 3 is 1.76 bits per heavy atom. The lowest BCUT2D eigenvalue weighted by Gasteiger charge is -2.45. The zero-order valence-corrected chi connectivity index (χ0v) is 38.5. The van der Waals surface area contributed by atoms with Gasteiger partial charge in [0.1, 0.15) is 34.2 Å². The number of para-hydroxylation sites is 2. The summed E-state index contributed by atoms with van der Waals surface area (Å²) in [4.78, 5) is 2.34. The predicted octanol–water partition coefficient (Wildman–Crippen LogP) is 18.1. The number of rotatable bonds is 8. The number of hydrogen-bond donors (Lipinski definition) is 0. The largest absolute Gasteiger partial charge is 0.461 e. The van der Waals surface area contributed by atoms with Gasteiger partial charge < -0.3 is 18.8 Å². The van der Waals surface area contributed by atoms with Gasteiger partial charge in [0, 0.05) is 55.5 Å². The molecule has 1 atom stereocenters. The van der Waals surface area contributed by atoms with Gasteiger partial charge in [-0.1, -0.05) is 183 Å². The number of hydrogen-bond acceptors (Lipinski definition) is 4. The first-order valence-corrected chi connectivity index (χ1v) is 23.8. The summed E-state index contributed by atoms with van der Waals surface area (Å²) in [6.45, 7) is 6.06. The third-order valence-corrected chi connectivity index (χ3v) is 14.1. The third-order valence-electron chi connectivity index (χ3n) is 14.1. The van der Waals surface area contributed by atoms with Crippen LogP contribution in [0.3, 0.4) is 0 Å². The fraction of sp³-hybridized carbons (Fsp3) is 0.0303. The molecule has 0 radical (unpaired) electrons. The fourth-order valence-corrected chi connectivity index (χ4v) is 11.0. The summed E-state index contributed by atoms with van der Waals surface area (Å²) in [7, 11) is 0. The monoisotopic (exact) mass is 899 g/mol. The van der Waals surface area contributed by atoms with Crippen molar-refractivity contribution in [3.63, 3.8) is 0 Å². The quantitative estimate of drug-likeness (QED) is 0.142. The Labute approximate surface area is 406 Å². The molecule has 1 aromatic heterocycles. The number of benzene rings is 10. The lowest BCUT2D eigenvalue weighted by Crippen LogP contribution is -2.38. The molecule has 10 aromatic carbocycles. The third kappa shape index (κ3) is 6.52. The molecule has 0 aliphatic carbocycles. The highest BCUT2D eigenvalue weighted by Crippen LogP contribution is 2.60. The smallest absolute Gasteiger partial charge is 0.143 e. The number of anilines is 3. The van der Waals surface area contributed by atoms with Crippen molar-refractivity contribution in [2.45, 2.75) is 12.3 Å². The predicted molar refractivity (Wildman–Crippen MR) is 288 cm³/mol. The van der Waals surface area contributed by atoms with Gasteiger partial charge in [0.25, 0.3) is 0 Å². The molecule has 11 aromatic rings. The van der Waals surface area contributed by atoms with E-state index in [2.05, 4.69) is 230 Å². The second-order valence-corrected chi connectivity index (χ2v) is 18.0. The summed E-state index contributed by atoms with van der Waals surface area (Å²) in [5.74, 6) is 3.29. The van der Waals surface area contributed by atoms with Crippen LogP contribution in [0.1, 0.15) is 23.6 Å². The van der Waals surface area contributed by atoms with E-state index in [9.17, 15) is 0 Å². The van der Waals surface area contributed by atoms with Gasteiger partial charge in [-0.25, -0.2) is 0 Å².